The molecular weight excluding hydrogens is 206 g/mol. The lowest BCUT2D eigenvalue weighted by molar-refractivity contribution is -0.0231. The fourth-order valence-electron chi connectivity index (χ4n) is 4.58. The standard InChI is InChI=1S/C16H31N/c1-12(2)9-15-11-17-8-7-16(15)10-13(3)5-6-14(16)4/h12-15,17H,5-11H2,1-4H3. The molecule has 1 aliphatic carbocycles. The van der Waals surface area contributed by atoms with Crippen LogP contribution in [0, 0.1) is 29.1 Å². The fraction of sp³-hybridized carbons (Fsp3) is 1.00. The maximum Gasteiger partial charge on any atom is -0.00150 e. The quantitative estimate of drug-likeness (QED) is 0.763. The minimum Gasteiger partial charge on any atom is -0.316 e. The van der Waals surface area contributed by atoms with E-state index in [0.717, 1.165) is 23.7 Å². The highest BCUT2D eigenvalue weighted by molar-refractivity contribution is 4.98. The van der Waals surface area contributed by atoms with Gasteiger partial charge in [0.25, 0.3) is 0 Å². The van der Waals surface area contributed by atoms with Gasteiger partial charge in [-0.05, 0) is 67.9 Å². The summed E-state index contributed by atoms with van der Waals surface area (Å²) in [4.78, 5) is 0. The van der Waals surface area contributed by atoms with Crippen molar-refractivity contribution < 1.29 is 0 Å². The molecule has 1 heterocycles. The largest absolute Gasteiger partial charge is 0.316 e. The van der Waals surface area contributed by atoms with Gasteiger partial charge >= 0.3 is 0 Å². The molecule has 1 spiro atoms. The predicted octanol–water partition coefficient (Wildman–Crippen LogP) is 4.08. The van der Waals surface area contributed by atoms with Gasteiger partial charge in [-0.25, -0.2) is 0 Å². The average molecular weight is 237 g/mol. The predicted molar refractivity (Wildman–Crippen MR) is 75.0 cm³/mol. The van der Waals surface area contributed by atoms with E-state index < -0.39 is 0 Å². The molecule has 4 unspecified atom stereocenters. The highest BCUT2D eigenvalue weighted by Gasteiger charge is 2.47. The van der Waals surface area contributed by atoms with E-state index >= 15 is 0 Å². The van der Waals surface area contributed by atoms with Crippen molar-refractivity contribution in [2.45, 2.75) is 59.8 Å². The lowest BCUT2D eigenvalue weighted by Gasteiger charge is -2.53. The summed E-state index contributed by atoms with van der Waals surface area (Å²) in [5, 5.41) is 3.65. The van der Waals surface area contributed by atoms with Gasteiger partial charge in [0.1, 0.15) is 0 Å². The normalized spacial score (nSPS) is 43.2. The van der Waals surface area contributed by atoms with E-state index in [1.165, 1.54) is 45.2 Å². The van der Waals surface area contributed by atoms with Crippen LogP contribution in [0.25, 0.3) is 0 Å². The van der Waals surface area contributed by atoms with Crippen molar-refractivity contribution in [3.63, 3.8) is 0 Å². The Morgan fingerprint density at radius 2 is 2.00 bits per heavy atom. The van der Waals surface area contributed by atoms with Crippen molar-refractivity contribution in [2.24, 2.45) is 29.1 Å². The number of rotatable bonds is 2. The smallest absolute Gasteiger partial charge is 0.00150 e. The van der Waals surface area contributed by atoms with Gasteiger partial charge in [-0.2, -0.15) is 0 Å². The number of hydrogen-bond donors (Lipinski definition) is 1. The molecule has 2 fully saturated rings. The Balaban J connectivity index is 2.16. The summed E-state index contributed by atoms with van der Waals surface area (Å²) >= 11 is 0. The van der Waals surface area contributed by atoms with E-state index in [9.17, 15) is 0 Å². The third-order valence-electron chi connectivity index (χ3n) is 5.53. The number of piperidine rings is 1. The Kier molecular flexibility index (Phi) is 4.18. The van der Waals surface area contributed by atoms with E-state index in [4.69, 9.17) is 0 Å². The molecule has 1 aliphatic heterocycles. The van der Waals surface area contributed by atoms with Crippen LogP contribution in [0.5, 0.6) is 0 Å². The first-order valence-corrected chi connectivity index (χ1v) is 7.75. The summed E-state index contributed by atoms with van der Waals surface area (Å²) in [7, 11) is 0. The maximum atomic E-state index is 3.65. The first-order valence-electron chi connectivity index (χ1n) is 7.75. The second-order valence-corrected chi connectivity index (χ2v) is 7.30. The summed E-state index contributed by atoms with van der Waals surface area (Å²) in [6.07, 6.45) is 7.27. The molecule has 17 heavy (non-hydrogen) atoms. The van der Waals surface area contributed by atoms with Crippen LogP contribution >= 0.6 is 0 Å². The molecular formula is C16H31N. The van der Waals surface area contributed by atoms with Gasteiger partial charge in [0.15, 0.2) is 0 Å². The van der Waals surface area contributed by atoms with Crippen molar-refractivity contribution in [1.29, 1.82) is 0 Å². The van der Waals surface area contributed by atoms with Crippen molar-refractivity contribution >= 4 is 0 Å². The molecule has 1 N–H and O–H groups in total. The van der Waals surface area contributed by atoms with E-state index in [2.05, 4.69) is 33.0 Å². The summed E-state index contributed by atoms with van der Waals surface area (Å²) in [6, 6.07) is 0. The van der Waals surface area contributed by atoms with E-state index in [1.807, 2.05) is 0 Å². The molecule has 2 rings (SSSR count). The second kappa shape index (κ2) is 5.30. The summed E-state index contributed by atoms with van der Waals surface area (Å²) in [5.41, 5.74) is 0.674. The lowest BCUT2D eigenvalue weighted by Crippen LogP contribution is -2.51. The lowest BCUT2D eigenvalue weighted by atomic mass is 9.54. The molecule has 0 radical (unpaired) electrons. The topological polar surface area (TPSA) is 12.0 Å². The molecule has 0 aromatic heterocycles. The third kappa shape index (κ3) is 2.70. The van der Waals surface area contributed by atoms with Crippen LogP contribution in [-0.4, -0.2) is 13.1 Å². The van der Waals surface area contributed by atoms with E-state index in [0.29, 0.717) is 5.41 Å². The van der Waals surface area contributed by atoms with E-state index in [1.54, 1.807) is 0 Å². The zero-order valence-corrected chi connectivity index (χ0v) is 12.3. The summed E-state index contributed by atoms with van der Waals surface area (Å²) < 4.78 is 0. The monoisotopic (exact) mass is 237 g/mol. The Morgan fingerprint density at radius 3 is 2.71 bits per heavy atom. The molecule has 0 bridgehead atoms. The molecule has 100 valence electrons. The fourth-order valence-corrected chi connectivity index (χ4v) is 4.58. The SMILES string of the molecule is CC(C)CC1CNCCC12CC(C)CCC2C. The van der Waals surface area contributed by atoms with Crippen LogP contribution < -0.4 is 5.32 Å². The van der Waals surface area contributed by atoms with Gasteiger partial charge in [-0.1, -0.05) is 34.1 Å². The molecule has 0 aromatic carbocycles. The molecule has 1 heteroatoms. The highest BCUT2D eigenvalue weighted by atomic mass is 14.9. The van der Waals surface area contributed by atoms with E-state index in [-0.39, 0.29) is 0 Å². The van der Waals surface area contributed by atoms with Gasteiger partial charge in [-0.15, -0.1) is 0 Å². The molecule has 1 saturated carbocycles. The van der Waals surface area contributed by atoms with Crippen LogP contribution in [0.4, 0.5) is 0 Å². The zero-order valence-electron chi connectivity index (χ0n) is 12.3. The molecule has 2 aliphatic rings. The van der Waals surface area contributed by atoms with Gasteiger partial charge in [0, 0.05) is 0 Å². The average Bonchev–Trinajstić information content (AvgIpc) is 2.26. The minimum absolute atomic E-state index is 0.674. The van der Waals surface area contributed by atoms with Gasteiger partial charge in [0.05, 0.1) is 0 Å². The van der Waals surface area contributed by atoms with Crippen LogP contribution in [0.15, 0.2) is 0 Å². The Labute approximate surface area is 108 Å². The van der Waals surface area contributed by atoms with Crippen LogP contribution in [0.3, 0.4) is 0 Å². The van der Waals surface area contributed by atoms with Crippen LogP contribution in [0.1, 0.15) is 59.8 Å². The second-order valence-electron chi connectivity index (χ2n) is 7.30. The number of hydrogen-bond acceptors (Lipinski definition) is 1. The molecule has 0 aromatic rings. The Hall–Kier alpha value is -0.0400. The van der Waals surface area contributed by atoms with Crippen molar-refractivity contribution in [3.8, 4) is 0 Å². The summed E-state index contributed by atoms with van der Waals surface area (Å²) in [5.74, 6) is 3.68. The minimum atomic E-state index is 0.674. The van der Waals surface area contributed by atoms with Crippen LogP contribution in [-0.2, 0) is 0 Å². The molecule has 0 amide bonds. The maximum absolute atomic E-state index is 3.65. The third-order valence-corrected chi connectivity index (χ3v) is 5.53. The van der Waals surface area contributed by atoms with Crippen molar-refractivity contribution in [3.05, 3.63) is 0 Å². The van der Waals surface area contributed by atoms with Crippen LogP contribution in [0.2, 0.25) is 0 Å². The Bertz CT molecular complexity index is 248. The van der Waals surface area contributed by atoms with Gasteiger partial charge < -0.3 is 5.32 Å². The molecule has 4 atom stereocenters. The molecule has 1 nitrogen and oxygen atoms in total. The van der Waals surface area contributed by atoms with Gasteiger partial charge in [-0.3, -0.25) is 0 Å². The highest BCUT2D eigenvalue weighted by Crippen LogP contribution is 2.53. The van der Waals surface area contributed by atoms with Crippen molar-refractivity contribution in [1.82, 2.24) is 5.32 Å². The van der Waals surface area contributed by atoms with Crippen molar-refractivity contribution in [2.75, 3.05) is 13.1 Å². The number of nitrogens with one attached hydrogen (secondary N) is 1. The summed E-state index contributed by atoms with van der Waals surface area (Å²) in [6.45, 7) is 12.3. The first-order chi connectivity index (χ1) is 8.04. The zero-order chi connectivity index (χ0) is 12.5. The Morgan fingerprint density at radius 1 is 1.24 bits per heavy atom. The molecule has 1 saturated heterocycles. The van der Waals surface area contributed by atoms with Gasteiger partial charge in [0.2, 0.25) is 0 Å². The first kappa shape index (κ1) is 13.4.